The zero-order valence-electron chi connectivity index (χ0n) is 18.1. The van der Waals surface area contributed by atoms with Gasteiger partial charge in [-0.3, -0.25) is 0 Å². The van der Waals surface area contributed by atoms with Crippen LogP contribution in [0.5, 0.6) is 0 Å². The van der Waals surface area contributed by atoms with Crippen molar-refractivity contribution in [1.29, 1.82) is 0 Å². The number of nitrogens with one attached hydrogen (secondary N) is 2. The molecule has 0 bridgehead atoms. The monoisotopic (exact) mass is 440 g/mol. The molecule has 0 aromatic heterocycles. The van der Waals surface area contributed by atoms with Crippen LogP contribution >= 0.6 is 21.6 Å². The molecule has 2 nitrogen and oxygen atoms in total. The van der Waals surface area contributed by atoms with Crippen LogP contribution in [0.15, 0.2) is 58.3 Å². The standard InChI is InChI=1S/C26H36N2S2/c1-2-6-14-21(13-5-1)27-23-17-9-11-19-25(23)29-30-26-20-12-10-18-24(26)28-22-15-7-3-4-8-16-22/h9-12,17-22,27-28H,1-8,13-16H2. The Hall–Kier alpha value is -1.26. The minimum absolute atomic E-state index is 0.628. The van der Waals surface area contributed by atoms with Crippen molar-refractivity contribution in [3.63, 3.8) is 0 Å². The van der Waals surface area contributed by atoms with Crippen LogP contribution < -0.4 is 10.6 Å². The number of benzene rings is 2. The summed E-state index contributed by atoms with van der Waals surface area (Å²) in [4.78, 5) is 2.69. The summed E-state index contributed by atoms with van der Waals surface area (Å²) in [6.45, 7) is 0. The maximum atomic E-state index is 3.86. The smallest absolute Gasteiger partial charge is 0.0489 e. The van der Waals surface area contributed by atoms with Gasteiger partial charge >= 0.3 is 0 Å². The molecular weight excluding hydrogens is 404 g/mol. The van der Waals surface area contributed by atoms with E-state index in [0.717, 1.165) is 0 Å². The molecule has 0 atom stereocenters. The summed E-state index contributed by atoms with van der Waals surface area (Å²) in [6.07, 6.45) is 16.3. The molecule has 0 unspecified atom stereocenters. The third-order valence-electron chi connectivity index (χ3n) is 6.42. The summed E-state index contributed by atoms with van der Waals surface area (Å²) in [6, 6.07) is 18.9. The van der Waals surface area contributed by atoms with Crippen LogP contribution in [0.4, 0.5) is 11.4 Å². The third-order valence-corrected chi connectivity index (χ3v) is 8.91. The lowest BCUT2D eigenvalue weighted by Gasteiger charge is -2.21. The predicted molar refractivity (Wildman–Crippen MR) is 135 cm³/mol. The van der Waals surface area contributed by atoms with Crippen molar-refractivity contribution in [1.82, 2.24) is 0 Å². The largest absolute Gasteiger partial charge is 0.381 e. The van der Waals surface area contributed by atoms with Gasteiger partial charge in [0.15, 0.2) is 0 Å². The van der Waals surface area contributed by atoms with Gasteiger partial charge in [-0.25, -0.2) is 0 Å². The lowest BCUT2D eigenvalue weighted by Crippen LogP contribution is -2.18. The van der Waals surface area contributed by atoms with Gasteiger partial charge in [-0.2, -0.15) is 0 Å². The molecular formula is C26H36N2S2. The van der Waals surface area contributed by atoms with E-state index in [9.17, 15) is 0 Å². The molecule has 0 spiro atoms. The molecule has 2 aliphatic rings. The molecule has 2 N–H and O–H groups in total. The van der Waals surface area contributed by atoms with Gasteiger partial charge in [0.25, 0.3) is 0 Å². The number of anilines is 2. The van der Waals surface area contributed by atoms with Gasteiger partial charge in [0.2, 0.25) is 0 Å². The molecule has 2 saturated carbocycles. The Kier molecular flexibility index (Phi) is 8.74. The second-order valence-electron chi connectivity index (χ2n) is 8.82. The molecule has 0 aliphatic heterocycles. The number of para-hydroxylation sites is 2. The summed E-state index contributed by atoms with van der Waals surface area (Å²) in [5, 5.41) is 7.73. The highest BCUT2D eigenvalue weighted by molar-refractivity contribution is 8.76. The fraction of sp³-hybridized carbons (Fsp3) is 0.538. The lowest BCUT2D eigenvalue weighted by atomic mass is 10.1. The van der Waals surface area contributed by atoms with Crippen LogP contribution in [-0.2, 0) is 0 Å². The molecule has 162 valence electrons. The van der Waals surface area contributed by atoms with Crippen molar-refractivity contribution in [3.8, 4) is 0 Å². The SMILES string of the molecule is c1ccc(SSc2ccccc2NC2CCCCCC2)c(NC2CCCCCC2)c1. The van der Waals surface area contributed by atoms with E-state index in [1.807, 2.05) is 21.6 Å². The van der Waals surface area contributed by atoms with Crippen molar-refractivity contribution < 1.29 is 0 Å². The minimum Gasteiger partial charge on any atom is -0.381 e. The first-order valence-corrected chi connectivity index (χ1v) is 14.1. The van der Waals surface area contributed by atoms with E-state index in [4.69, 9.17) is 0 Å². The third kappa shape index (κ3) is 6.62. The zero-order chi connectivity index (χ0) is 20.4. The van der Waals surface area contributed by atoms with E-state index in [-0.39, 0.29) is 0 Å². The van der Waals surface area contributed by atoms with Gasteiger partial charge in [-0.05, 0) is 49.9 Å². The average Bonchev–Trinajstić information content (AvgIpc) is 3.19. The highest BCUT2D eigenvalue weighted by Crippen LogP contribution is 2.44. The van der Waals surface area contributed by atoms with Crippen LogP contribution in [-0.4, -0.2) is 12.1 Å². The van der Waals surface area contributed by atoms with Crippen LogP contribution in [0.1, 0.15) is 77.0 Å². The molecule has 4 heteroatoms. The number of rotatable bonds is 7. The number of hydrogen-bond acceptors (Lipinski definition) is 4. The Morgan fingerprint density at radius 1 is 0.500 bits per heavy atom. The molecule has 2 aromatic rings. The highest BCUT2D eigenvalue weighted by Gasteiger charge is 2.16. The van der Waals surface area contributed by atoms with Gasteiger partial charge < -0.3 is 10.6 Å². The van der Waals surface area contributed by atoms with Gasteiger partial charge in [0.05, 0.1) is 0 Å². The van der Waals surface area contributed by atoms with Crippen molar-refractivity contribution in [2.24, 2.45) is 0 Å². The summed E-state index contributed by atoms with van der Waals surface area (Å²) >= 11 is 0. The second kappa shape index (κ2) is 12.0. The Morgan fingerprint density at radius 2 is 0.867 bits per heavy atom. The molecule has 2 aromatic carbocycles. The maximum Gasteiger partial charge on any atom is 0.0489 e. The van der Waals surface area contributed by atoms with E-state index >= 15 is 0 Å². The van der Waals surface area contributed by atoms with Gasteiger partial charge in [0.1, 0.15) is 0 Å². The van der Waals surface area contributed by atoms with E-state index < -0.39 is 0 Å². The van der Waals surface area contributed by atoms with Gasteiger partial charge in [-0.1, -0.05) is 97.2 Å². The quantitative estimate of drug-likeness (QED) is 0.332. The number of hydrogen-bond donors (Lipinski definition) is 2. The van der Waals surface area contributed by atoms with Crippen LogP contribution in [0.25, 0.3) is 0 Å². The molecule has 30 heavy (non-hydrogen) atoms. The fourth-order valence-electron chi connectivity index (χ4n) is 4.69. The van der Waals surface area contributed by atoms with Gasteiger partial charge in [-0.15, -0.1) is 0 Å². The summed E-state index contributed by atoms with van der Waals surface area (Å²) in [7, 11) is 3.78. The molecule has 0 heterocycles. The van der Waals surface area contributed by atoms with Crippen LogP contribution in [0, 0.1) is 0 Å². The normalized spacial score (nSPS) is 19.1. The van der Waals surface area contributed by atoms with E-state index in [0.29, 0.717) is 12.1 Å². The summed E-state index contributed by atoms with van der Waals surface area (Å²) in [5.74, 6) is 0. The van der Waals surface area contributed by atoms with Crippen molar-refractivity contribution in [3.05, 3.63) is 48.5 Å². The molecule has 2 aliphatic carbocycles. The van der Waals surface area contributed by atoms with Gasteiger partial charge in [0, 0.05) is 33.2 Å². The average molecular weight is 441 g/mol. The Morgan fingerprint density at radius 3 is 1.27 bits per heavy atom. The van der Waals surface area contributed by atoms with E-state index in [1.165, 1.54) is 98.2 Å². The summed E-state index contributed by atoms with van der Waals surface area (Å²) < 4.78 is 0. The van der Waals surface area contributed by atoms with Crippen molar-refractivity contribution >= 4 is 33.0 Å². The first-order valence-electron chi connectivity index (χ1n) is 11.9. The zero-order valence-corrected chi connectivity index (χ0v) is 19.7. The minimum atomic E-state index is 0.628. The van der Waals surface area contributed by atoms with Crippen LogP contribution in [0.2, 0.25) is 0 Å². The molecule has 4 rings (SSSR count). The molecule has 0 saturated heterocycles. The van der Waals surface area contributed by atoms with Crippen molar-refractivity contribution in [2.75, 3.05) is 10.6 Å². The predicted octanol–water partition coefficient (Wildman–Crippen LogP) is 8.76. The van der Waals surface area contributed by atoms with Crippen LogP contribution in [0.3, 0.4) is 0 Å². The highest BCUT2D eigenvalue weighted by atomic mass is 33.1. The molecule has 2 fully saturated rings. The Labute approximate surface area is 190 Å². The second-order valence-corrected chi connectivity index (χ2v) is 11.0. The first-order chi connectivity index (χ1) is 14.9. The van der Waals surface area contributed by atoms with Crippen molar-refractivity contribution in [2.45, 2.75) is 98.9 Å². The van der Waals surface area contributed by atoms with E-state index in [1.54, 1.807) is 0 Å². The molecule has 0 amide bonds. The van der Waals surface area contributed by atoms with E-state index in [2.05, 4.69) is 59.2 Å². The maximum absolute atomic E-state index is 3.86. The first kappa shape index (κ1) is 22.0. The lowest BCUT2D eigenvalue weighted by molar-refractivity contribution is 0.618. The fourth-order valence-corrected chi connectivity index (χ4v) is 6.99. The Bertz CT molecular complexity index is 698. The summed E-state index contributed by atoms with van der Waals surface area (Å²) in [5.41, 5.74) is 2.60. The Balaban J connectivity index is 1.40. The topological polar surface area (TPSA) is 24.1 Å². The molecule has 0 radical (unpaired) electrons.